The summed E-state index contributed by atoms with van der Waals surface area (Å²) < 4.78 is 1.93. The molecule has 1 radical (unpaired) electrons. The predicted octanol–water partition coefficient (Wildman–Crippen LogP) is 1.88. The standard InChI is InChI=1S/C10H9N2.Ir/c1-12-7-10(11-8-12)9-5-3-2-4-6-9;/h2-5,7-8H,1H3;/q-1;. The van der Waals surface area contributed by atoms with Gasteiger partial charge in [0.25, 0.3) is 0 Å². The van der Waals surface area contributed by atoms with Crippen LogP contribution in [0, 0.1) is 6.07 Å². The molecule has 0 amide bonds. The number of aromatic nitrogens is 2. The van der Waals surface area contributed by atoms with Crippen LogP contribution in [-0.2, 0) is 27.2 Å². The van der Waals surface area contributed by atoms with Crippen molar-refractivity contribution >= 4 is 0 Å². The van der Waals surface area contributed by atoms with Crippen molar-refractivity contribution in [1.82, 2.24) is 9.55 Å². The first-order valence-electron chi connectivity index (χ1n) is 3.81. The molecule has 0 atom stereocenters. The fourth-order valence-corrected chi connectivity index (χ4v) is 1.10. The SMILES string of the molecule is Cn1cnc(-c2[c-]cccc2)c1.[Ir]. The molecule has 1 heterocycles. The maximum Gasteiger partial charge on any atom is 0.0834 e. The second kappa shape index (κ2) is 4.35. The van der Waals surface area contributed by atoms with Crippen LogP contribution in [0.3, 0.4) is 0 Å². The minimum atomic E-state index is 0. The quantitative estimate of drug-likeness (QED) is 0.719. The Kier molecular flexibility index (Phi) is 3.40. The molecule has 2 aromatic rings. The van der Waals surface area contributed by atoms with Gasteiger partial charge < -0.3 is 4.57 Å². The van der Waals surface area contributed by atoms with Gasteiger partial charge in [0.05, 0.1) is 6.33 Å². The minimum absolute atomic E-state index is 0. The van der Waals surface area contributed by atoms with Crippen molar-refractivity contribution in [2.75, 3.05) is 0 Å². The molecule has 13 heavy (non-hydrogen) atoms. The molecule has 0 bridgehead atoms. The van der Waals surface area contributed by atoms with Gasteiger partial charge in [-0.25, -0.2) is 0 Å². The molecule has 0 saturated carbocycles. The van der Waals surface area contributed by atoms with Crippen LogP contribution in [0.5, 0.6) is 0 Å². The number of imidazole rings is 1. The van der Waals surface area contributed by atoms with Crippen LogP contribution >= 0.6 is 0 Å². The average molecular weight is 349 g/mol. The van der Waals surface area contributed by atoms with Crippen LogP contribution in [0.4, 0.5) is 0 Å². The van der Waals surface area contributed by atoms with Gasteiger partial charge in [-0.1, -0.05) is 0 Å². The Morgan fingerprint density at radius 1 is 1.38 bits per heavy atom. The molecule has 0 saturated heterocycles. The van der Waals surface area contributed by atoms with E-state index >= 15 is 0 Å². The van der Waals surface area contributed by atoms with E-state index in [1.54, 1.807) is 6.33 Å². The van der Waals surface area contributed by atoms with E-state index in [9.17, 15) is 0 Å². The van der Waals surface area contributed by atoms with E-state index in [0.29, 0.717) is 0 Å². The van der Waals surface area contributed by atoms with Crippen LogP contribution in [0.25, 0.3) is 11.3 Å². The van der Waals surface area contributed by atoms with E-state index in [2.05, 4.69) is 11.1 Å². The Labute approximate surface area is 91.0 Å². The molecule has 0 aliphatic heterocycles. The largest absolute Gasteiger partial charge is 0.350 e. The summed E-state index contributed by atoms with van der Waals surface area (Å²) in [7, 11) is 1.96. The predicted molar refractivity (Wildman–Crippen MR) is 47.5 cm³/mol. The van der Waals surface area contributed by atoms with Crippen molar-refractivity contribution in [2.24, 2.45) is 7.05 Å². The first-order valence-corrected chi connectivity index (χ1v) is 3.81. The van der Waals surface area contributed by atoms with Gasteiger partial charge in [-0.2, -0.15) is 0 Å². The number of nitrogens with zero attached hydrogens (tertiary/aromatic N) is 2. The normalized spacial score (nSPS) is 9.31. The van der Waals surface area contributed by atoms with Crippen molar-refractivity contribution in [2.45, 2.75) is 0 Å². The summed E-state index contributed by atoms with van der Waals surface area (Å²) in [4.78, 5) is 4.22. The third-order valence-electron chi connectivity index (χ3n) is 1.69. The fourth-order valence-electron chi connectivity index (χ4n) is 1.10. The molecule has 0 unspecified atom stereocenters. The molecule has 2 nitrogen and oxygen atoms in total. The topological polar surface area (TPSA) is 17.8 Å². The number of rotatable bonds is 1. The van der Waals surface area contributed by atoms with Gasteiger partial charge >= 0.3 is 0 Å². The first kappa shape index (κ1) is 10.2. The van der Waals surface area contributed by atoms with Crippen LogP contribution < -0.4 is 0 Å². The van der Waals surface area contributed by atoms with Gasteiger partial charge in [0, 0.05) is 32.8 Å². The maximum atomic E-state index is 4.22. The maximum absolute atomic E-state index is 4.22. The van der Waals surface area contributed by atoms with Crippen LogP contribution in [-0.4, -0.2) is 9.55 Å². The van der Waals surface area contributed by atoms with Crippen molar-refractivity contribution in [1.29, 1.82) is 0 Å². The summed E-state index contributed by atoms with van der Waals surface area (Å²) in [5.41, 5.74) is 2.01. The molecular formula is C10H9IrN2-. The average Bonchev–Trinajstić information content (AvgIpc) is 2.54. The molecule has 0 aliphatic rings. The summed E-state index contributed by atoms with van der Waals surface area (Å²) in [6.45, 7) is 0. The summed E-state index contributed by atoms with van der Waals surface area (Å²) in [6, 6.07) is 11.0. The molecular weight excluding hydrogens is 340 g/mol. The van der Waals surface area contributed by atoms with E-state index in [4.69, 9.17) is 0 Å². The summed E-state index contributed by atoms with van der Waals surface area (Å²) in [6.07, 6.45) is 3.77. The van der Waals surface area contributed by atoms with Crippen molar-refractivity contribution in [3.63, 3.8) is 0 Å². The van der Waals surface area contributed by atoms with Crippen molar-refractivity contribution in [3.8, 4) is 11.3 Å². The smallest absolute Gasteiger partial charge is 0.0834 e. The summed E-state index contributed by atoms with van der Waals surface area (Å²) in [5.74, 6) is 0. The van der Waals surface area contributed by atoms with E-state index in [1.165, 1.54) is 0 Å². The molecule has 0 aliphatic carbocycles. The van der Waals surface area contributed by atoms with E-state index < -0.39 is 0 Å². The molecule has 69 valence electrons. The second-order valence-corrected chi connectivity index (χ2v) is 2.70. The fraction of sp³-hybridized carbons (Fsp3) is 0.100. The molecule has 2 rings (SSSR count). The Morgan fingerprint density at radius 3 is 2.77 bits per heavy atom. The van der Waals surface area contributed by atoms with Gasteiger partial charge in [-0.05, 0) is 6.20 Å². The number of hydrogen-bond donors (Lipinski definition) is 0. The third-order valence-corrected chi connectivity index (χ3v) is 1.69. The van der Waals surface area contributed by atoms with Gasteiger partial charge in [-0.3, -0.25) is 4.98 Å². The Morgan fingerprint density at radius 2 is 2.23 bits per heavy atom. The first-order chi connectivity index (χ1) is 5.86. The minimum Gasteiger partial charge on any atom is -0.350 e. The van der Waals surface area contributed by atoms with Crippen LogP contribution in [0.2, 0.25) is 0 Å². The van der Waals surface area contributed by atoms with E-state index in [-0.39, 0.29) is 20.1 Å². The van der Waals surface area contributed by atoms with Crippen molar-refractivity contribution in [3.05, 3.63) is 42.9 Å². The Balaban J connectivity index is 0.000000845. The summed E-state index contributed by atoms with van der Waals surface area (Å²) >= 11 is 0. The van der Waals surface area contributed by atoms with E-state index in [0.717, 1.165) is 11.3 Å². The van der Waals surface area contributed by atoms with Crippen LogP contribution in [0.1, 0.15) is 0 Å². The second-order valence-electron chi connectivity index (χ2n) is 2.70. The number of benzene rings is 1. The molecule has 0 N–H and O–H groups in total. The molecule has 1 aromatic heterocycles. The monoisotopic (exact) mass is 350 g/mol. The molecule has 0 fully saturated rings. The van der Waals surface area contributed by atoms with E-state index in [1.807, 2.05) is 42.1 Å². The number of aryl methyl sites for hydroxylation is 1. The Hall–Kier alpha value is -0.921. The summed E-state index contributed by atoms with van der Waals surface area (Å²) in [5, 5.41) is 0. The van der Waals surface area contributed by atoms with Crippen molar-refractivity contribution < 1.29 is 20.1 Å². The zero-order valence-corrected chi connectivity index (χ0v) is 9.59. The van der Waals surface area contributed by atoms with Gasteiger partial charge in [0.2, 0.25) is 0 Å². The van der Waals surface area contributed by atoms with Gasteiger partial charge in [0.1, 0.15) is 0 Å². The third kappa shape index (κ3) is 2.27. The molecule has 0 spiro atoms. The van der Waals surface area contributed by atoms with Gasteiger partial charge in [-0.15, -0.1) is 35.9 Å². The van der Waals surface area contributed by atoms with Gasteiger partial charge in [0.15, 0.2) is 0 Å². The zero-order valence-electron chi connectivity index (χ0n) is 7.19. The molecule has 1 aromatic carbocycles. The number of hydrogen-bond acceptors (Lipinski definition) is 1. The molecule has 3 heteroatoms. The van der Waals surface area contributed by atoms with Crippen LogP contribution in [0.15, 0.2) is 36.8 Å². The zero-order chi connectivity index (χ0) is 8.39. The Bertz CT molecular complexity index is 367.